The zero-order chi connectivity index (χ0) is 14.0. The van der Waals surface area contributed by atoms with Gasteiger partial charge in [0.25, 0.3) is 10.0 Å². The average Bonchev–Trinajstić information content (AvgIpc) is 2.92. The summed E-state index contributed by atoms with van der Waals surface area (Å²) in [6, 6.07) is -0.156. The van der Waals surface area contributed by atoms with Crippen LogP contribution in [0.3, 0.4) is 0 Å². The SMILES string of the molecule is CC(C(=N)N)N1CCN(S(=O)(=O)c2cnc[nH]2)CC1. The fourth-order valence-electron chi connectivity index (χ4n) is 2.05. The van der Waals surface area contributed by atoms with E-state index in [-0.39, 0.29) is 16.9 Å². The van der Waals surface area contributed by atoms with Crippen LogP contribution in [0.15, 0.2) is 17.6 Å². The highest BCUT2D eigenvalue weighted by Crippen LogP contribution is 2.15. The normalized spacial score (nSPS) is 20.3. The number of nitrogens with one attached hydrogen (secondary N) is 2. The van der Waals surface area contributed by atoms with Gasteiger partial charge in [0.05, 0.1) is 18.6 Å². The molecule has 1 unspecified atom stereocenters. The van der Waals surface area contributed by atoms with Crippen LogP contribution in [0.2, 0.25) is 0 Å². The number of imidazole rings is 1. The Balaban J connectivity index is 2.03. The summed E-state index contributed by atoms with van der Waals surface area (Å²) >= 11 is 0. The molecule has 0 radical (unpaired) electrons. The second-order valence-electron chi connectivity index (χ2n) is 4.49. The Bertz CT molecular complexity index is 532. The van der Waals surface area contributed by atoms with E-state index in [4.69, 9.17) is 11.1 Å². The lowest BCUT2D eigenvalue weighted by Gasteiger charge is -2.36. The highest BCUT2D eigenvalue weighted by atomic mass is 32.2. The molecule has 9 heteroatoms. The topological polar surface area (TPSA) is 119 Å². The minimum Gasteiger partial charge on any atom is -0.386 e. The number of sulfonamides is 1. The van der Waals surface area contributed by atoms with Gasteiger partial charge in [0.1, 0.15) is 5.84 Å². The molecule has 1 saturated heterocycles. The molecule has 0 spiro atoms. The quantitative estimate of drug-likeness (QED) is 0.486. The molecule has 0 bridgehead atoms. The first-order valence-corrected chi connectivity index (χ1v) is 7.43. The molecule has 1 aromatic rings. The predicted octanol–water partition coefficient (Wildman–Crippen LogP) is -0.960. The van der Waals surface area contributed by atoms with Crippen LogP contribution < -0.4 is 5.73 Å². The van der Waals surface area contributed by atoms with Gasteiger partial charge in [-0.05, 0) is 6.92 Å². The Morgan fingerprint density at radius 3 is 2.58 bits per heavy atom. The summed E-state index contributed by atoms with van der Waals surface area (Å²) in [4.78, 5) is 8.35. The van der Waals surface area contributed by atoms with Gasteiger partial charge >= 0.3 is 0 Å². The van der Waals surface area contributed by atoms with E-state index in [0.29, 0.717) is 26.2 Å². The van der Waals surface area contributed by atoms with Gasteiger partial charge in [-0.25, -0.2) is 13.4 Å². The molecule has 0 amide bonds. The predicted molar refractivity (Wildman–Crippen MR) is 70.3 cm³/mol. The van der Waals surface area contributed by atoms with Crippen LogP contribution in [0.1, 0.15) is 6.92 Å². The first kappa shape index (κ1) is 14.0. The van der Waals surface area contributed by atoms with Crippen molar-refractivity contribution in [3.8, 4) is 0 Å². The summed E-state index contributed by atoms with van der Waals surface area (Å²) in [5.41, 5.74) is 5.46. The van der Waals surface area contributed by atoms with Crippen LogP contribution >= 0.6 is 0 Å². The molecule has 0 aliphatic carbocycles. The van der Waals surface area contributed by atoms with Crippen LogP contribution in [0, 0.1) is 5.41 Å². The zero-order valence-corrected chi connectivity index (χ0v) is 11.5. The van der Waals surface area contributed by atoms with Gasteiger partial charge < -0.3 is 10.7 Å². The number of hydrogen-bond donors (Lipinski definition) is 3. The van der Waals surface area contributed by atoms with E-state index < -0.39 is 10.0 Å². The molecule has 2 heterocycles. The largest absolute Gasteiger partial charge is 0.386 e. The number of piperazine rings is 1. The molecule has 1 atom stereocenters. The Hall–Kier alpha value is -1.45. The van der Waals surface area contributed by atoms with E-state index in [0.717, 1.165) is 0 Å². The van der Waals surface area contributed by atoms with E-state index in [9.17, 15) is 8.42 Å². The van der Waals surface area contributed by atoms with Gasteiger partial charge in [-0.2, -0.15) is 4.31 Å². The molecule has 1 aromatic heterocycles. The smallest absolute Gasteiger partial charge is 0.260 e. The van der Waals surface area contributed by atoms with Crippen LogP contribution in [0.25, 0.3) is 0 Å². The molecule has 8 nitrogen and oxygen atoms in total. The average molecular weight is 286 g/mol. The highest BCUT2D eigenvalue weighted by Gasteiger charge is 2.31. The molecule has 1 aliphatic rings. The van der Waals surface area contributed by atoms with Crippen molar-refractivity contribution in [2.24, 2.45) is 5.73 Å². The lowest BCUT2D eigenvalue weighted by molar-refractivity contribution is 0.173. The van der Waals surface area contributed by atoms with Crippen molar-refractivity contribution >= 4 is 15.9 Å². The number of aromatic amines is 1. The number of hydrogen-bond acceptors (Lipinski definition) is 5. The molecule has 4 N–H and O–H groups in total. The maximum absolute atomic E-state index is 12.2. The second-order valence-corrected chi connectivity index (χ2v) is 6.39. The third kappa shape index (κ3) is 2.77. The molecule has 1 fully saturated rings. The highest BCUT2D eigenvalue weighted by molar-refractivity contribution is 7.89. The van der Waals surface area contributed by atoms with Crippen molar-refractivity contribution in [2.45, 2.75) is 18.0 Å². The molecular weight excluding hydrogens is 268 g/mol. The number of rotatable bonds is 4. The summed E-state index contributed by atoms with van der Waals surface area (Å²) in [7, 11) is -3.48. The summed E-state index contributed by atoms with van der Waals surface area (Å²) in [5.74, 6) is 0.102. The summed E-state index contributed by atoms with van der Waals surface area (Å²) in [6.07, 6.45) is 2.65. The summed E-state index contributed by atoms with van der Waals surface area (Å²) < 4.78 is 25.9. The summed E-state index contributed by atoms with van der Waals surface area (Å²) in [6.45, 7) is 3.75. The summed E-state index contributed by atoms with van der Waals surface area (Å²) in [5, 5.41) is 7.53. The Morgan fingerprint density at radius 2 is 2.11 bits per heavy atom. The van der Waals surface area contributed by atoms with E-state index >= 15 is 0 Å². The fourth-order valence-corrected chi connectivity index (χ4v) is 3.37. The van der Waals surface area contributed by atoms with Gasteiger partial charge in [-0.15, -0.1) is 0 Å². The third-order valence-electron chi connectivity index (χ3n) is 3.36. The van der Waals surface area contributed by atoms with Gasteiger partial charge in [-0.3, -0.25) is 10.3 Å². The Labute approximate surface area is 112 Å². The molecular formula is C10H18N6O2S. The van der Waals surface area contributed by atoms with Crippen molar-refractivity contribution < 1.29 is 8.42 Å². The Morgan fingerprint density at radius 1 is 1.47 bits per heavy atom. The van der Waals surface area contributed by atoms with E-state index in [2.05, 4.69) is 9.97 Å². The minimum absolute atomic E-state index is 0.102. The van der Waals surface area contributed by atoms with E-state index in [1.807, 2.05) is 11.8 Å². The lowest BCUT2D eigenvalue weighted by atomic mass is 10.2. The van der Waals surface area contributed by atoms with Crippen molar-refractivity contribution in [3.05, 3.63) is 12.5 Å². The van der Waals surface area contributed by atoms with E-state index in [1.54, 1.807) is 0 Å². The zero-order valence-electron chi connectivity index (χ0n) is 10.7. The van der Waals surface area contributed by atoms with Crippen molar-refractivity contribution in [2.75, 3.05) is 26.2 Å². The number of aromatic nitrogens is 2. The van der Waals surface area contributed by atoms with Gasteiger partial charge in [0.15, 0.2) is 5.03 Å². The first-order valence-electron chi connectivity index (χ1n) is 5.99. The molecule has 0 aromatic carbocycles. The minimum atomic E-state index is -3.48. The van der Waals surface area contributed by atoms with Crippen LogP contribution in [-0.4, -0.2) is 65.6 Å². The number of amidine groups is 1. The van der Waals surface area contributed by atoms with Crippen LogP contribution in [-0.2, 0) is 10.0 Å². The van der Waals surface area contributed by atoms with E-state index in [1.165, 1.54) is 16.8 Å². The van der Waals surface area contributed by atoms with Crippen molar-refractivity contribution in [1.29, 1.82) is 5.41 Å². The fraction of sp³-hybridized carbons (Fsp3) is 0.600. The van der Waals surface area contributed by atoms with Gasteiger partial charge in [0, 0.05) is 26.2 Å². The van der Waals surface area contributed by atoms with Crippen LogP contribution in [0.4, 0.5) is 0 Å². The maximum atomic E-state index is 12.2. The number of nitrogens with zero attached hydrogens (tertiary/aromatic N) is 3. The molecule has 2 rings (SSSR count). The van der Waals surface area contributed by atoms with Gasteiger partial charge in [-0.1, -0.05) is 0 Å². The van der Waals surface area contributed by atoms with Crippen LogP contribution in [0.5, 0.6) is 0 Å². The molecule has 19 heavy (non-hydrogen) atoms. The molecule has 1 aliphatic heterocycles. The second kappa shape index (κ2) is 5.27. The Kier molecular flexibility index (Phi) is 3.88. The number of H-pyrrole nitrogens is 1. The standard InChI is InChI=1S/C10H18N6O2S/c1-8(10(11)12)15-2-4-16(5-3-15)19(17,18)9-6-13-7-14-9/h6-8H,2-5H2,1H3,(H3,11,12)(H,13,14). The van der Waals surface area contributed by atoms with Crippen molar-refractivity contribution in [1.82, 2.24) is 19.2 Å². The monoisotopic (exact) mass is 286 g/mol. The lowest BCUT2D eigenvalue weighted by Crippen LogP contribution is -2.54. The maximum Gasteiger partial charge on any atom is 0.260 e. The molecule has 106 valence electrons. The third-order valence-corrected chi connectivity index (χ3v) is 5.19. The van der Waals surface area contributed by atoms with Crippen molar-refractivity contribution in [3.63, 3.8) is 0 Å². The molecule has 0 saturated carbocycles. The van der Waals surface area contributed by atoms with Gasteiger partial charge in [0.2, 0.25) is 0 Å². The number of nitrogens with two attached hydrogens (primary N) is 1. The first-order chi connectivity index (χ1) is 8.93.